The largest absolute Gasteiger partial charge is 0.420 e. The highest BCUT2D eigenvalue weighted by molar-refractivity contribution is 6.98. The Labute approximate surface area is 256 Å². The second kappa shape index (κ2) is 16.0. The summed E-state index contributed by atoms with van der Waals surface area (Å²) in [7, 11) is -21.6. The maximum atomic E-state index is 6.40. The van der Waals surface area contributed by atoms with Crippen LogP contribution in [-0.2, 0) is 41.2 Å². The molecule has 10 nitrogen and oxygen atoms in total. The van der Waals surface area contributed by atoms with Crippen LogP contribution in [0.5, 0.6) is 0 Å². The van der Waals surface area contributed by atoms with Gasteiger partial charge in [-0.2, -0.15) is 0 Å². The van der Waals surface area contributed by atoms with Crippen LogP contribution in [0.3, 0.4) is 0 Å². The van der Waals surface area contributed by atoms with Crippen molar-refractivity contribution in [1.82, 2.24) is 0 Å². The fourth-order valence-electron chi connectivity index (χ4n) is 4.04. The average Bonchev–Trinajstić information content (AvgIpc) is 2.82. The Kier molecular flexibility index (Phi) is 15.4. The van der Waals surface area contributed by atoms with Gasteiger partial charge >= 0.3 is 42.8 Å². The maximum absolute atomic E-state index is 6.40. The third-order valence-electron chi connectivity index (χ3n) is 5.80. The van der Waals surface area contributed by atoms with Crippen molar-refractivity contribution in [3.8, 4) is 0 Å². The Morgan fingerprint density at radius 1 is 0.350 bits per heavy atom. The van der Waals surface area contributed by atoms with Gasteiger partial charge in [0.25, 0.3) is 46.4 Å². The van der Waals surface area contributed by atoms with Gasteiger partial charge < -0.3 is 41.2 Å². The second-order valence-corrected chi connectivity index (χ2v) is 37.5. The third kappa shape index (κ3) is 12.6. The van der Waals surface area contributed by atoms with Crippen molar-refractivity contribution < 1.29 is 41.2 Å². The summed E-state index contributed by atoms with van der Waals surface area (Å²) in [5.41, 5.74) is 8.71. The van der Waals surface area contributed by atoms with E-state index in [0.717, 1.165) is 0 Å². The van der Waals surface area contributed by atoms with Gasteiger partial charge in [-0.1, -0.05) is 28.5 Å². The summed E-state index contributed by atoms with van der Waals surface area (Å²) in [5.74, 6) is 0. The molecule has 0 radical (unpaired) electrons. The molecule has 2 fully saturated rings. The zero-order valence-corrected chi connectivity index (χ0v) is 36.7. The van der Waals surface area contributed by atoms with E-state index in [1.165, 1.54) is 0 Å². The van der Waals surface area contributed by atoms with E-state index in [-0.39, 0.29) is 0 Å². The molecule has 0 amide bonds. The zero-order valence-electron chi connectivity index (χ0n) is 25.9. The van der Waals surface area contributed by atoms with E-state index in [2.05, 4.69) is 32.9 Å². The first-order chi connectivity index (χ1) is 18.3. The molecule has 0 unspecified atom stereocenters. The molecule has 0 aromatic rings. The van der Waals surface area contributed by atoms with E-state index in [1.807, 2.05) is 65.5 Å². The molecule has 0 aromatic carbocycles. The molecule has 2 aliphatic rings. The summed E-state index contributed by atoms with van der Waals surface area (Å²) in [6.45, 7) is 39.5. The smallest absolute Gasteiger partial charge is 0.344 e. The first-order valence-corrected chi connectivity index (χ1v) is 35.7. The van der Waals surface area contributed by atoms with Gasteiger partial charge in [-0.3, -0.25) is 0 Å². The lowest BCUT2D eigenvalue weighted by molar-refractivity contribution is 0.251. The van der Waals surface area contributed by atoms with Gasteiger partial charge in [-0.25, -0.2) is 0 Å². The van der Waals surface area contributed by atoms with Crippen LogP contribution in [0.4, 0.5) is 0 Å². The van der Waals surface area contributed by atoms with Crippen LogP contribution in [0.2, 0.25) is 65.5 Å². The van der Waals surface area contributed by atoms with Gasteiger partial charge in [0.1, 0.15) is 0 Å². The first-order valence-electron chi connectivity index (χ1n) is 13.3. The van der Waals surface area contributed by atoms with Gasteiger partial charge in [0.2, 0.25) is 0 Å². The summed E-state index contributed by atoms with van der Waals surface area (Å²) in [5, 5.41) is 0. The van der Waals surface area contributed by atoms with Gasteiger partial charge in [0.15, 0.2) is 0 Å². The highest BCUT2D eigenvalue weighted by Gasteiger charge is 2.54. The molecule has 2 aliphatic heterocycles. The van der Waals surface area contributed by atoms with Crippen molar-refractivity contribution in [2.45, 2.75) is 65.5 Å². The van der Waals surface area contributed by atoms with E-state index in [0.29, 0.717) is 0 Å². The van der Waals surface area contributed by atoms with Crippen LogP contribution in [-0.4, -0.2) is 89.2 Å². The molecule has 0 bridgehead atoms. The van der Waals surface area contributed by atoms with Gasteiger partial charge in [0.05, 0.1) is 0 Å². The number of rotatable bonds is 5. The van der Waals surface area contributed by atoms with E-state index in [4.69, 9.17) is 41.2 Å². The SMILES string of the molecule is C=C[Si]1(C)O[Si](C)(C=C)O[Si](C)(C=C)O[Si](C)(C=C)O[Si](C)(C=C)O1.C[SiH]1O[SiH](C)O[SiH](C)O[SiH](C)O[SiH](C)O1. The monoisotopic (exact) mass is 730 g/mol. The molecule has 230 valence electrons. The maximum Gasteiger partial charge on any atom is 0.344 e. The molecule has 20 heteroatoms. The Morgan fingerprint density at radius 2 is 0.475 bits per heavy atom. The highest BCUT2D eigenvalue weighted by Crippen LogP contribution is 2.32. The molecule has 40 heavy (non-hydrogen) atoms. The highest BCUT2D eigenvalue weighted by atomic mass is 28.5. The molecule has 0 atom stereocenters. The lowest BCUT2D eigenvalue weighted by atomic mass is 11.3. The average molecular weight is 731 g/mol. The van der Waals surface area contributed by atoms with Crippen LogP contribution in [0.1, 0.15) is 0 Å². The van der Waals surface area contributed by atoms with Crippen molar-refractivity contribution in [2.75, 3.05) is 0 Å². The normalized spacial score (nSPS) is 45.5. The summed E-state index contributed by atoms with van der Waals surface area (Å²) in [6.07, 6.45) is 0. The summed E-state index contributed by atoms with van der Waals surface area (Å²) < 4.78 is 60.8. The Bertz CT molecular complexity index is 716. The van der Waals surface area contributed by atoms with Crippen molar-refractivity contribution >= 4 is 89.2 Å². The summed E-state index contributed by atoms with van der Waals surface area (Å²) >= 11 is 0. The van der Waals surface area contributed by atoms with E-state index in [1.54, 1.807) is 28.5 Å². The third-order valence-corrected chi connectivity index (χ3v) is 41.0. The molecule has 0 N–H and O–H groups in total. The van der Waals surface area contributed by atoms with E-state index >= 15 is 0 Å². The second-order valence-electron chi connectivity index (χ2n) is 10.1. The predicted octanol–water partition coefficient (Wildman–Crippen LogP) is 3.40. The number of hydrogen-bond donors (Lipinski definition) is 0. The summed E-state index contributed by atoms with van der Waals surface area (Å²) in [6, 6.07) is 0. The lowest BCUT2D eigenvalue weighted by Gasteiger charge is -2.46. The fraction of sp³-hybridized carbons (Fsp3) is 0.500. The van der Waals surface area contributed by atoms with Gasteiger partial charge in [-0.15, -0.1) is 32.9 Å². The van der Waals surface area contributed by atoms with Crippen molar-refractivity contribution in [3.63, 3.8) is 0 Å². The molecule has 2 saturated heterocycles. The van der Waals surface area contributed by atoms with Crippen LogP contribution < -0.4 is 0 Å². The Morgan fingerprint density at radius 3 is 0.575 bits per heavy atom. The molecule has 0 aromatic heterocycles. The van der Waals surface area contributed by atoms with Crippen LogP contribution >= 0.6 is 0 Å². The Hall–Kier alpha value is 0.469. The molecular formula is C20H50O10Si10. The summed E-state index contributed by atoms with van der Waals surface area (Å²) in [4.78, 5) is 0. The zero-order chi connectivity index (χ0) is 31.0. The molecule has 2 heterocycles. The molecule has 0 spiro atoms. The van der Waals surface area contributed by atoms with Gasteiger partial charge in [-0.05, 0) is 65.5 Å². The molecular weight excluding hydrogens is 681 g/mol. The van der Waals surface area contributed by atoms with Crippen LogP contribution in [0.25, 0.3) is 0 Å². The number of hydrogen-bond acceptors (Lipinski definition) is 10. The molecule has 0 aliphatic carbocycles. The van der Waals surface area contributed by atoms with Gasteiger partial charge in [0, 0.05) is 0 Å². The first kappa shape index (κ1) is 38.5. The minimum Gasteiger partial charge on any atom is -0.420 e. The van der Waals surface area contributed by atoms with Crippen molar-refractivity contribution in [1.29, 1.82) is 0 Å². The van der Waals surface area contributed by atoms with Crippen LogP contribution in [0.15, 0.2) is 61.4 Å². The molecule has 2 rings (SSSR count). The minimum absolute atomic E-state index is 1.53. The van der Waals surface area contributed by atoms with E-state index < -0.39 is 89.2 Å². The minimum atomic E-state index is -2.80. The fourth-order valence-corrected chi connectivity index (χ4v) is 41.1. The van der Waals surface area contributed by atoms with E-state index in [9.17, 15) is 0 Å². The molecule has 0 saturated carbocycles. The standard InChI is InChI=1S/C15H30O5Si5.C5H20O5Si5/c1-11-21(6)16-22(7,12-2)18-24(9,14-4)20-25(10,15-5)19-23(8,13-3)17-21;1-11-6-12(2)8-14(4)10-15(5)9-13(3)7-11/h11-15H,1-5H2,6-10H3;11-15H,1-5H3. The quantitative estimate of drug-likeness (QED) is 0.392. The van der Waals surface area contributed by atoms with Crippen molar-refractivity contribution in [2.24, 2.45) is 0 Å². The topological polar surface area (TPSA) is 92.3 Å². The Balaban J connectivity index is 0.000000453. The lowest BCUT2D eigenvalue weighted by Crippen LogP contribution is -2.65. The van der Waals surface area contributed by atoms with Crippen molar-refractivity contribution in [3.05, 3.63) is 61.4 Å². The predicted molar refractivity (Wildman–Crippen MR) is 185 cm³/mol. The van der Waals surface area contributed by atoms with Crippen LogP contribution in [0, 0.1) is 0 Å².